The number of hydrogen-bond acceptors (Lipinski definition) is 3. The van der Waals surface area contributed by atoms with Crippen LogP contribution >= 0.6 is 35.6 Å². The first-order chi connectivity index (χ1) is 8.16. The molecule has 18 heavy (non-hydrogen) atoms. The molecule has 100 valence electrons. The van der Waals surface area contributed by atoms with Gasteiger partial charge in [-0.15, -0.1) is 12.4 Å². The molecule has 1 saturated heterocycles. The van der Waals surface area contributed by atoms with E-state index in [9.17, 15) is 4.79 Å². The molecule has 7 heteroatoms. The molecule has 1 amide bonds. The maximum atomic E-state index is 11.8. The topological polar surface area (TPSA) is 50.4 Å². The number of nitrogens with one attached hydrogen (secondary N) is 2. The zero-order valence-electron chi connectivity index (χ0n) is 9.41. The molecule has 0 radical (unpaired) electrons. The minimum absolute atomic E-state index is 0. The molecule has 1 unspecified atom stereocenters. The molecule has 0 saturated carbocycles. The standard InChI is InChI=1S/C11H12Cl2N2O2.ClH/c12-8-2-1-7(5-9(8)13)15-11(16)10-6-17-4-3-14-10;/h1-2,5,10,14H,3-4,6H2,(H,15,16);1H. The molecule has 1 aliphatic rings. The van der Waals surface area contributed by atoms with Crippen LogP contribution in [0.2, 0.25) is 10.0 Å². The third-order valence-electron chi connectivity index (χ3n) is 2.43. The molecule has 1 aliphatic heterocycles. The van der Waals surface area contributed by atoms with E-state index in [4.69, 9.17) is 27.9 Å². The maximum Gasteiger partial charge on any atom is 0.243 e. The van der Waals surface area contributed by atoms with Gasteiger partial charge in [-0.1, -0.05) is 23.2 Å². The van der Waals surface area contributed by atoms with Crippen molar-refractivity contribution in [3.8, 4) is 0 Å². The molecule has 0 spiro atoms. The van der Waals surface area contributed by atoms with Gasteiger partial charge in [0.15, 0.2) is 0 Å². The third-order valence-corrected chi connectivity index (χ3v) is 3.16. The number of carbonyl (C=O) groups is 1. The smallest absolute Gasteiger partial charge is 0.243 e. The Morgan fingerprint density at radius 3 is 2.78 bits per heavy atom. The number of benzene rings is 1. The second-order valence-electron chi connectivity index (χ2n) is 3.70. The lowest BCUT2D eigenvalue weighted by Gasteiger charge is -2.22. The van der Waals surface area contributed by atoms with Crippen LogP contribution in [-0.2, 0) is 9.53 Å². The second-order valence-corrected chi connectivity index (χ2v) is 4.51. The monoisotopic (exact) mass is 310 g/mol. The summed E-state index contributed by atoms with van der Waals surface area (Å²) >= 11 is 11.6. The summed E-state index contributed by atoms with van der Waals surface area (Å²) < 4.78 is 5.21. The average Bonchev–Trinajstić information content (AvgIpc) is 2.35. The molecule has 1 heterocycles. The second kappa shape index (κ2) is 7.16. The van der Waals surface area contributed by atoms with Crippen LogP contribution in [0.5, 0.6) is 0 Å². The van der Waals surface area contributed by atoms with E-state index < -0.39 is 0 Å². The number of hydrogen-bond donors (Lipinski definition) is 2. The zero-order valence-corrected chi connectivity index (χ0v) is 11.7. The highest BCUT2D eigenvalue weighted by Crippen LogP contribution is 2.25. The highest BCUT2D eigenvalue weighted by atomic mass is 35.5. The summed E-state index contributed by atoms with van der Waals surface area (Å²) in [5, 5.41) is 6.70. The summed E-state index contributed by atoms with van der Waals surface area (Å²) in [6, 6.07) is 4.64. The van der Waals surface area contributed by atoms with E-state index in [1.54, 1.807) is 18.2 Å². The molecule has 1 atom stereocenters. The first kappa shape index (κ1) is 15.5. The molecule has 2 N–H and O–H groups in total. The molecular weight excluding hydrogens is 298 g/mol. The summed E-state index contributed by atoms with van der Waals surface area (Å²) in [6.07, 6.45) is 0. The van der Waals surface area contributed by atoms with Crippen LogP contribution in [0.15, 0.2) is 18.2 Å². The van der Waals surface area contributed by atoms with Crippen LogP contribution in [-0.4, -0.2) is 31.7 Å². The van der Waals surface area contributed by atoms with Crippen LogP contribution in [0, 0.1) is 0 Å². The lowest BCUT2D eigenvalue weighted by molar-refractivity contribution is -0.120. The van der Waals surface area contributed by atoms with Crippen LogP contribution in [0.1, 0.15) is 0 Å². The van der Waals surface area contributed by atoms with Gasteiger partial charge in [0.25, 0.3) is 0 Å². The molecule has 4 nitrogen and oxygen atoms in total. The van der Waals surface area contributed by atoms with E-state index in [0.717, 1.165) is 0 Å². The number of halogens is 3. The molecule has 0 aromatic heterocycles. The maximum absolute atomic E-state index is 11.8. The molecule has 1 aromatic rings. The summed E-state index contributed by atoms with van der Waals surface area (Å²) in [5.41, 5.74) is 0.622. The number of morpholine rings is 1. The van der Waals surface area contributed by atoms with Crippen molar-refractivity contribution in [2.45, 2.75) is 6.04 Å². The Bertz CT molecular complexity index is 423. The molecule has 0 aliphatic carbocycles. The quantitative estimate of drug-likeness (QED) is 0.881. The summed E-state index contributed by atoms with van der Waals surface area (Å²) in [7, 11) is 0. The Hall–Kier alpha value is -0.520. The highest BCUT2D eigenvalue weighted by Gasteiger charge is 2.21. The van der Waals surface area contributed by atoms with Crippen molar-refractivity contribution in [2.75, 3.05) is 25.1 Å². The Morgan fingerprint density at radius 1 is 1.39 bits per heavy atom. The molecule has 1 fully saturated rings. The number of rotatable bonds is 2. The van der Waals surface area contributed by atoms with Gasteiger partial charge in [-0.05, 0) is 18.2 Å². The van der Waals surface area contributed by atoms with Gasteiger partial charge in [-0.3, -0.25) is 4.79 Å². The Morgan fingerprint density at radius 2 is 2.17 bits per heavy atom. The lowest BCUT2D eigenvalue weighted by Crippen LogP contribution is -2.48. The van der Waals surface area contributed by atoms with Crippen molar-refractivity contribution in [3.63, 3.8) is 0 Å². The predicted octanol–water partition coefficient (Wildman–Crippen LogP) is 2.34. The highest BCUT2D eigenvalue weighted by molar-refractivity contribution is 6.42. The third kappa shape index (κ3) is 4.00. The van der Waals surface area contributed by atoms with Gasteiger partial charge < -0.3 is 15.4 Å². The van der Waals surface area contributed by atoms with Gasteiger partial charge in [0.2, 0.25) is 5.91 Å². The van der Waals surface area contributed by atoms with Gasteiger partial charge >= 0.3 is 0 Å². The first-order valence-electron chi connectivity index (χ1n) is 5.24. The Balaban J connectivity index is 0.00000162. The van der Waals surface area contributed by atoms with E-state index in [1.165, 1.54) is 0 Å². The van der Waals surface area contributed by atoms with Crippen LogP contribution in [0.25, 0.3) is 0 Å². The van der Waals surface area contributed by atoms with Crippen LogP contribution in [0.4, 0.5) is 5.69 Å². The fourth-order valence-electron chi connectivity index (χ4n) is 1.54. The fraction of sp³-hybridized carbons (Fsp3) is 0.364. The van der Waals surface area contributed by atoms with Crippen LogP contribution in [0.3, 0.4) is 0 Å². The summed E-state index contributed by atoms with van der Waals surface area (Å²) in [5.74, 6) is -0.136. The number of carbonyl (C=O) groups excluding carboxylic acids is 1. The first-order valence-corrected chi connectivity index (χ1v) is 5.99. The van der Waals surface area contributed by atoms with Crippen molar-refractivity contribution in [2.24, 2.45) is 0 Å². The van der Waals surface area contributed by atoms with Crippen molar-refractivity contribution < 1.29 is 9.53 Å². The van der Waals surface area contributed by atoms with E-state index >= 15 is 0 Å². The van der Waals surface area contributed by atoms with Gasteiger partial charge in [0.1, 0.15) is 6.04 Å². The van der Waals surface area contributed by atoms with Crippen LogP contribution < -0.4 is 10.6 Å². The lowest BCUT2D eigenvalue weighted by atomic mass is 10.2. The van der Waals surface area contributed by atoms with Crippen molar-refractivity contribution >= 4 is 47.2 Å². The normalized spacial score (nSPS) is 18.9. The van der Waals surface area contributed by atoms with Gasteiger partial charge in [-0.25, -0.2) is 0 Å². The molecule has 0 bridgehead atoms. The van der Waals surface area contributed by atoms with Gasteiger partial charge in [-0.2, -0.15) is 0 Å². The average molecular weight is 312 g/mol. The van der Waals surface area contributed by atoms with E-state index in [1.807, 2.05) is 0 Å². The summed E-state index contributed by atoms with van der Waals surface area (Å²) in [4.78, 5) is 11.8. The molecule has 2 rings (SSSR count). The molecular formula is C11H13Cl3N2O2. The van der Waals surface area contributed by atoms with E-state index in [-0.39, 0.29) is 24.4 Å². The SMILES string of the molecule is Cl.O=C(Nc1ccc(Cl)c(Cl)c1)C1COCCN1. The minimum Gasteiger partial charge on any atom is -0.378 e. The largest absolute Gasteiger partial charge is 0.378 e. The molecule has 1 aromatic carbocycles. The van der Waals surface area contributed by atoms with E-state index in [2.05, 4.69) is 10.6 Å². The number of ether oxygens (including phenoxy) is 1. The van der Waals surface area contributed by atoms with Gasteiger partial charge in [0, 0.05) is 12.2 Å². The van der Waals surface area contributed by atoms with E-state index in [0.29, 0.717) is 35.5 Å². The number of anilines is 1. The van der Waals surface area contributed by atoms with Crippen molar-refractivity contribution in [1.29, 1.82) is 0 Å². The Kier molecular flexibility index (Phi) is 6.18. The van der Waals surface area contributed by atoms with Crippen molar-refractivity contribution in [1.82, 2.24) is 5.32 Å². The minimum atomic E-state index is -0.321. The van der Waals surface area contributed by atoms with Gasteiger partial charge in [0.05, 0.1) is 23.3 Å². The Labute approximate surface area is 121 Å². The number of amides is 1. The zero-order chi connectivity index (χ0) is 12.3. The van der Waals surface area contributed by atoms with Crippen molar-refractivity contribution in [3.05, 3.63) is 28.2 Å². The predicted molar refractivity (Wildman–Crippen MR) is 74.9 cm³/mol. The fourth-order valence-corrected chi connectivity index (χ4v) is 1.84. The summed E-state index contributed by atoms with van der Waals surface area (Å²) in [6.45, 7) is 1.70.